The van der Waals surface area contributed by atoms with Crippen LogP contribution in [0.25, 0.3) is 0 Å². The Balaban J connectivity index is 2.02. The summed E-state index contributed by atoms with van der Waals surface area (Å²) in [6.45, 7) is 5.26. The third-order valence-electron chi connectivity index (χ3n) is 3.44. The van der Waals surface area contributed by atoms with Crippen molar-refractivity contribution < 1.29 is 13.2 Å². The maximum atomic E-state index is 12.3. The fourth-order valence-corrected chi connectivity index (χ4v) is 4.03. The SMILES string of the molecule is CC(CNS(=O)(=O)c1cccc(Cl)c1Cl)N1CCOCC1. The summed E-state index contributed by atoms with van der Waals surface area (Å²) in [7, 11) is -3.67. The van der Waals surface area contributed by atoms with Crippen molar-refractivity contribution in [2.75, 3.05) is 32.8 Å². The molecule has 0 saturated carbocycles. The summed E-state index contributed by atoms with van der Waals surface area (Å²) < 4.78 is 32.5. The van der Waals surface area contributed by atoms with E-state index in [0.29, 0.717) is 19.8 Å². The van der Waals surface area contributed by atoms with Crippen LogP contribution in [0.1, 0.15) is 6.92 Å². The number of hydrogen-bond acceptors (Lipinski definition) is 4. The highest BCUT2D eigenvalue weighted by molar-refractivity contribution is 7.89. The largest absolute Gasteiger partial charge is 0.379 e. The summed E-state index contributed by atoms with van der Waals surface area (Å²) in [5, 5.41) is 0.270. The Hall–Kier alpha value is -0.370. The van der Waals surface area contributed by atoms with Crippen molar-refractivity contribution in [3.8, 4) is 0 Å². The van der Waals surface area contributed by atoms with Crippen molar-refractivity contribution in [1.29, 1.82) is 0 Å². The molecular formula is C13H18Cl2N2O3S. The van der Waals surface area contributed by atoms with Gasteiger partial charge in [-0.25, -0.2) is 13.1 Å². The molecule has 0 bridgehead atoms. The summed E-state index contributed by atoms with van der Waals surface area (Å²) in [4.78, 5) is 2.19. The van der Waals surface area contributed by atoms with Crippen molar-refractivity contribution in [1.82, 2.24) is 9.62 Å². The summed E-state index contributed by atoms with van der Waals surface area (Å²) in [6.07, 6.45) is 0. The number of morpholine rings is 1. The zero-order valence-corrected chi connectivity index (χ0v) is 14.0. The van der Waals surface area contributed by atoms with Crippen LogP contribution in [0.3, 0.4) is 0 Å². The second-order valence-corrected chi connectivity index (χ2v) is 7.42. The summed E-state index contributed by atoms with van der Waals surface area (Å²) in [6, 6.07) is 4.64. The van der Waals surface area contributed by atoms with E-state index >= 15 is 0 Å². The van der Waals surface area contributed by atoms with E-state index in [4.69, 9.17) is 27.9 Å². The first-order valence-corrected chi connectivity index (χ1v) is 8.91. The molecule has 2 rings (SSSR count). The van der Waals surface area contributed by atoms with Gasteiger partial charge >= 0.3 is 0 Å². The number of nitrogens with zero attached hydrogens (tertiary/aromatic N) is 1. The van der Waals surface area contributed by atoms with Gasteiger partial charge in [-0.2, -0.15) is 0 Å². The summed E-state index contributed by atoms with van der Waals surface area (Å²) in [5.74, 6) is 0. The standard InChI is InChI=1S/C13H18Cl2N2O3S/c1-10(17-5-7-20-8-6-17)9-16-21(18,19)12-4-2-3-11(14)13(12)15/h2-4,10,16H,5-9H2,1H3. The van der Waals surface area contributed by atoms with Gasteiger partial charge in [0, 0.05) is 25.7 Å². The second-order valence-electron chi connectivity index (χ2n) is 4.90. The number of nitrogens with one attached hydrogen (secondary N) is 1. The number of halogens is 2. The highest BCUT2D eigenvalue weighted by Crippen LogP contribution is 2.28. The Morgan fingerprint density at radius 3 is 2.67 bits per heavy atom. The fourth-order valence-electron chi connectivity index (χ4n) is 2.15. The van der Waals surface area contributed by atoms with Crippen LogP contribution in [0.15, 0.2) is 23.1 Å². The minimum absolute atomic E-state index is 0.00541. The first-order valence-electron chi connectivity index (χ1n) is 6.67. The summed E-state index contributed by atoms with van der Waals surface area (Å²) >= 11 is 11.8. The Kier molecular flexibility index (Phi) is 5.88. The number of sulfonamides is 1. The maximum Gasteiger partial charge on any atom is 0.242 e. The minimum atomic E-state index is -3.67. The molecule has 1 aromatic carbocycles. The molecule has 5 nitrogen and oxygen atoms in total. The van der Waals surface area contributed by atoms with Gasteiger partial charge in [-0.1, -0.05) is 29.3 Å². The van der Waals surface area contributed by atoms with Crippen LogP contribution in [0.4, 0.5) is 0 Å². The number of benzene rings is 1. The number of hydrogen-bond donors (Lipinski definition) is 1. The van der Waals surface area contributed by atoms with Gasteiger partial charge in [0.2, 0.25) is 10.0 Å². The number of rotatable bonds is 5. The molecule has 8 heteroatoms. The molecule has 21 heavy (non-hydrogen) atoms. The van der Waals surface area contributed by atoms with Gasteiger partial charge in [-0.05, 0) is 19.1 Å². The normalized spacial score (nSPS) is 18.6. The quantitative estimate of drug-likeness (QED) is 0.880. The van der Waals surface area contributed by atoms with E-state index in [2.05, 4.69) is 9.62 Å². The third-order valence-corrected chi connectivity index (χ3v) is 5.84. The van der Waals surface area contributed by atoms with Gasteiger partial charge in [-0.15, -0.1) is 0 Å². The Bertz CT molecular complexity index is 589. The second kappa shape index (κ2) is 7.26. The molecule has 0 amide bonds. The first kappa shape index (κ1) is 17.0. The zero-order chi connectivity index (χ0) is 15.5. The van der Waals surface area contributed by atoms with Crippen LogP contribution in [-0.4, -0.2) is 52.2 Å². The minimum Gasteiger partial charge on any atom is -0.379 e. The van der Waals surface area contributed by atoms with Crippen LogP contribution in [-0.2, 0) is 14.8 Å². The van der Waals surface area contributed by atoms with Gasteiger partial charge in [-0.3, -0.25) is 4.90 Å². The van der Waals surface area contributed by atoms with Crippen molar-refractivity contribution in [2.45, 2.75) is 17.9 Å². The lowest BCUT2D eigenvalue weighted by Gasteiger charge is -2.32. The number of ether oxygens (including phenoxy) is 1. The monoisotopic (exact) mass is 352 g/mol. The van der Waals surface area contributed by atoms with Gasteiger partial charge in [0.15, 0.2) is 0 Å². The highest BCUT2D eigenvalue weighted by Gasteiger charge is 2.22. The topological polar surface area (TPSA) is 58.6 Å². The Labute approximate surface area is 135 Å². The molecule has 1 aromatic rings. The molecule has 1 aliphatic rings. The van der Waals surface area contributed by atoms with E-state index in [9.17, 15) is 8.42 Å². The molecule has 1 heterocycles. The van der Waals surface area contributed by atoms with Crippen molar-refractivity contribution in [3.63, 3.8) is 0 Å². The predicted octanol–water partition coefficient (Wildman–Crippen LogP) is 1.99. The van der Waals surface area contributed by atoms with Gasteiger partial charge in [0.25, 0.3) is 0 Å². The average Bonchev–Trinajstić information content (AvgIpc) is 2.48. The van der Waals surface area contributed by atoms with Crippen LogP contribution in [0.2, 0.25) is 10.0 Å². The van der Waals surface area contributed by atoms with E-state index in [0.717, 1.165) is 13.1 Å². The molecular weight excluding hydrogens is 335 g/mol. The Morgan fingerprint density at radius 2 is 2.00 bits per heavy atom. The zero-order valence-electron chi connectivity index (χ0n) is 11.7. The van der Waals surface area contributed by atoms with E-state index in [1.165, 1.54) is 6.07 Å². The van der Waals surface area contributed by atoms with Gasteiger partial charge in [0.05, 0.1) is 23.3 Å². The lowest BCUT2D eigenvalue weighted by atomic mass is 10.2. The molecule has 1 saturated heterocycles. The first-order chi connectivity index (χ1) is 9.92. The lowest BCUT2D eigenvalue weighted by Crippen LogP contribution is -2.47. The molecule has 0 radical (unpaired) electrons. The highest BCUT2D eigenvalue weighted by atomic mass is 35.5. The molecule has 1 N–H and O–H groups in total. The van der Waals surface area contributed by atoms with Crippen LogP contribution < -0.4 is 4.72 Å². The molecule has 0 aromatic heterocycles. The molecule has 0 aliphatic carbocycles. The van der Waals surface area contributed by atoms with Crippen molar-refractivity contribution in [2.24, 2.45) is 0 Å². The van der Waals surface area contributed by atoms with Crippen LogP contribution >= 0.6 is 23.2 Å². The molecule has 1 unspecified atom stereocenters. The molecule has 0 spiro atoms. The van der Waals surface area contributed by atoms with Crippen LogP contribution in [0, 0.1) is 0 Å². The fraction of sp³-hybridized carbons (Fsp3) is 0.538. The van der Waals surface area contributed by atoms with E-state index < -0.39 is 10.0 Å². The average molecular weight is 353 g/mol. The van der Waals surface area contributed by atoms with Crippen LogP contribution in [0.5, 0.6) is 0 Å². The molecule has 1 fully saturated rings. The van der Waals surface area contributed by atoms with Gasteiger partial charge in [0.1, 0.15) is 4.90 Å². The van der Waals surface area contributed by atoms with Crippen molar-refractivity contribution in [3.05, 3.63) is 28.2 Å². The maximum absolute atomic E-state index is 12.3. The van der Waals surface area contributed by atoms with E-state index in [-0.39, 0.29) is 21.0 Å². The van der Waals surface area contributed by atoms with E-state index in [1.54, 1.807) is 12.1 Å². The Morgan fingerprint density at radius 1 is 1.33 bits per heavy atom. The molecule has 1 atom stereocenters. The van der Waals surface area contributed by atoms with Gasteiger partial charge < -0.3 is 4.74 Å². The summed E-state index contributed by atoms with van der Waals surface area (Å²) in [5.41, 5.74) is 0. The smallest absolute Gasteiger partial charge is 0.242 e. The molecule has 118 valence electrons. The van der Waals surface area contributed by atoms with E-state index in [1.807, 2.05) is 6.92 Å². The third kappa shape index (κ3) is 4.31. The van der Waals surface area contributed by atoms with Crippen molar-refractivity contribution >= 4 is 33.2 Å². The predicted molar refractivity (Wildman–Crippen MR) is 83.5 cm³/mol. The lowest BCUT2D eigenvalue weighted by molar-refractivity contribution is 0.0213. The molecule has 1 aliphatic heterocycles.